The first-order valence-electron chi connectivity index (χ1n) is 7.30. The van der Waals surface area contributed by atoms with Crippen LogP contribution in [0.5, 0.6) is 0 Å². The van der Waals surface area contributed by atoms with Crippen molar-refractivity contribution in [3.63, 3.8) is 0 Å². The van der Waals surface area contributed by atoms with Crippen molar-refractivity contribution in [2.45, 2.75) is 20.3 Å². The monoisotopic (exact) mass is 350 g/mol. The van der Waals surface area contributed by atoms with E-state index in [0.29, 0.717) is 11.6 Å². The summed E-state index contributed by atoms with van der Waals surface area (Å²) in [7, 11) is 1.18. The highest BCUT2D eigenvalue weighted by molar-refractivity contribution is 6.02. The van der Waals surface area contributed by atoms with Gasteiger partial charge in [0, 0.05) is 18.7 Å². The number of aromatic nitrogens is 1. The first-order valence-corrected chi connectivity index (χ1v) is 7.30. The van der Waals surface area contributed by atoms with Gasteiger partial charge in [-0.3, -0.25) is 9.59 Å². The number of anilines is 1. The van der Waals surface area contributed by atoms with Crippen molar-refractivity contribution in [3.05, 3.63) is 52.3 Å². The minimum Gasteiger partial charge on any atom is -0.465 e. The number of nitrogens with one attached hydrogen (secondary N) is 2. The number of H-pyrrole nitrogens is 1. The number of rotatable bonds is 5. The smallest absolute Gasteiger partial charge is 0.339 e. The molecule has 2 rings (SSSR count). The van der Waals surface area contributed by atoms with Gasteiger partial charge < -0.3 is 15.0 Å². The molecule has 0 saturated carbocycles. The molecule has 0 bridgehead atoms. The van der Waals surface area contributed by atoms with E-state index >= 15 is 0 Å². The summed E-state index contributed by atoms with van der Waals surface area (Å²) in [4.78, 5) is 38.4. The molecule has 0 aliphatic heterocycles. The van der Waals surface area contributed by atoms with Gasteiger partial charge in [0.1, 0.15) is 11.6 Å². The fourth-order valence-corrected chi connectivity index (χ4v) is 2.47. The molecule has 1 amide bonds. The molecule has 0 atom stereocenters. The van der Waals surface area contributed by atoms with Crippen LogP contribution in [0.15, 0.2) is 18.2 Å². The second kappa shape index (κ2) is 7.25. The number of hydrogen-bond donors (Lipinski definition) is 2. The number of esters is 1. The molecule has 0 aliphatic rings. The van der Waals surface area contributed by atoms with Gasteiger partial charge in [0.15, 0.2) is 5.78 Å². The molecule has 0 radical (unpaired) electrons. The van der Waals surface area contributed by atoms with Gasteiger partial charge in [0.05, 0.1) is 30.5 Å². The van der Waals surface area contributed by atoms with Crippen LogP contribution < -0.4 is 5.32 Å². The number of carbonyl (C=O) groups excluding carboxylic acids is 3. The predicted molar refractivity (Wildman–Crippen MR) is 85.6 cm³/mol. The van der Waals surface area contributed by atoms with Crippen LogP contribution in [0.4, 0.5) is 14.5 Å². The molecule has 25 heavy (non-hydrogen) atoms. The Bertz CT molecular complexity index is 859. The van der Waals surface area contributed by atoms with Gasteiger partial charge in [-0.25, -0.2) is 13.6 Å². The molecule has 0 unspecified atom stereocenters. The van der Waals surface area contributed by atoms with Gasteiger partial charge in [0.2, 0.25) is 5.91 Å². The Morgan fingerprint density at radius 2 is 1.92 bits per heavy atom. The van der Waals surface area contributed by atoms with Crippen LogP contribution in [0.1, 0.15) is 39.0 Å². The number of ether oxygens (including phenoxy) is 1. The lowest BCUT2D eigenvalue weighted by Gasteiger charge is -2.07. The minimum absolute atomic E-state index is 0.0856. The molecule has 0 aliphatic carbocycles. The number of Topliss-reactive ketones (excluding diaryl/α,β-unsaturated/α-hetero) is 1. The van der Waals surface area contributed by atoms with Crippen LogP contribution in [-0.2, 0) is 16.0 Å². The van der Waals surface area contributed by atoms with Crippen molar-refractivity contribution in [2.24, 2.45) is 0 Å². The van der Waals surface area contributed by atoms with Gasteiger partial charge in [0.25, 0.3) is 0 Å². The Kier molecular flexibility index (Phi) is 5.31. The largest absolute Gasteiger partial charge is 0.465 e. The summed E-state index contributed by atoms with van der Waals surface area (Å²) in [6.07, 6.45) is -0.324. The van der Waals surface area contributed by atoms with Gasteiger partial charge in [-0.2, -0.15) is 0 Å². The number of hydrogen-bond acceptors (Lipinski definition) is 4. The van der Waals surface area contributed by atoms with E-state index in [0.717, 1.165) is 12.1 Å². The normalized spacial score (nSPS) is 10.4. The van der Waals surface area contributed by atoms with Crippen molar-refractivity contribution >= 4 is 23.3 Å². The second-order valence-electron chi connectivity index (χ2n) is 5.38. The number of aromatic amines is 1. The minimum atomic E-state index is -0.923. The van der Waals surface area contributed by atoms with Crippen molar-refractivity contribution in [2.75, 3.05) is 12.4 Å². The highest BCUT2D eigenvalue weighted by Gasteiger charge is 2.24. The SMILES string of the molecule is COC(=O)c1c(CC(=O)Nc2ccc(F)cc2F)[nH]c(C(C)=O)c1C. The van der Waals surface area contributed by atoms with Crippen LogP contribution >= 0.6 is 0 Å². The average molecular weight is 350 g/mol. The topological polar surface area (TPSA) is 88.3 Å². The highest BCUT2D eigenvalue weighted by atomic mass is 19.1. The van der Waals surface area contributed by atoms with Crippen LogP contribution in [-0.4, -0.2) is 29.8 Å². The van der Waals surface area contributed by atoms with E-state index in [1.54, 1.807) is 6.92 Å². The van der Waals surface area contributed by atoms with Gasteiger partial charge in [-0.05, 0) is 24.6 Å². The summed E-state index contributed by atoms with van der Waals surface area (Å²) in [6.45, 7) is 2.87. The molecule has 1 aromatic carbocycles. The third-order valence-electron chi connectivity index (χ3n) is 3.61. The zero-order valence-corrected chi connectivity index (χ0v) is 13.8. The zero-order valence-electron chi connectivity index (χ0n) is 13.8. The van der Waals surface area contributed by atoms with Crippen LogP contribution in [0.25, 0.3) is 0 Å². The van der Waals surface area contributed by atoms with Crippen molar-refractivity contribution in [1.29, 1.82) is 0 Å². The molecule has 1 aromatic heterocycles. The first-order chi connectivity index (χ1) is 11.7. The summed E-state index contributed by atoms with van der Waals surface area (Å²) < 4.78 is 31.2. The van der Waals surface area contributed by atoms with Crippen molar-refractivity contribution in [3.8, 4) is 0 Å². The quantitative estimate of drug-likeness (QED) is 0.641. The number of amides is 1. The number of benzene rings is 1. The van der Waals surface area contributed by atoms with Gasteiger partial charge in [-0.15, -0.1) is 0 Å². The maximum atomic E-state index is 13.6. The van der Waals surface area contributed by atoms with Crippen LogP contribution in [0.3, 0.4) is 0 Å². The molecule has 0 fully saturated rings. The summed E-state index contributed by atoms with van der Waals surface area (Å²) >= 11 is 0. The first kappa shape index (κ1) is 18.3. The molecule has 6 nitrogen and oxygen atoms in total. The maximum Gasteiger partial charge on any atom is 0.339 e. The Labute approximate surface area is 142 Å². The highest BCUT2D eigenvalue weighted by Crippen LogP contribution is 2.21. The molecule has 2 aromatic rings. The molecule has 2 N–H and O–H groups in total. The van der Waals surface area contributed by atoms with Crippen LogP contribution in [0.2, 0.25) is 0 Å². The van der Waals surface area contributed by atoms with E-state index in [-0.39, 0.29) is 34.8 Å². The lowest BCUT2D eigenvalue weighted by Crippen LogP contribution is -2.17. The average Bonchev–Trinajstić information content (AvgIpc) is 2.86. The van der Waals surface area contributed by atoms with E-state index < -0.39 is 23.5 Å². The molecule has 8 heteroatoms. The molecular formula is C17H16F2N2O4. The third-order valence-corrected chi connectivity index (χ3v) is 3.61. The van der Waals surface area contributed by atoms with E-state index in [9.17, 15) is 23.2 Å². The Morgan fingerprint density at radius 3 is 2.48 bits per heavy atom. The summed E-state index contributed by atoms with van der Waals surface area (Å²) in [5, 5.41) is 2.29. The fourth-order valence-electron chi connectivity index (χ4n) is 2.47. The van der Waals surface area contributed by atoms with E-state index in [1.807, 2.05) is 0 Å². The lowest BCUT2D eigenvalue weighted by atomic mass is 10.1. The third kappa shape index (κ3) is 3.90. The lowest BCUT2D eigenvalue weighted by molar-refractivity contribution is -0.115. The molecular weight excluding hydrogens is 334 g/mol. The second-order valence-corrected chi connectivity index (χ2v) is 5.38. The summed E-state index contributed by atoms with van der Waals surface area (Å²) in [5.41, 5.74) is 0.629. The zero-order chi connectivity index (χ0) is 18.7. The Hall–Kier alpha value is -3.03. The standard InChI is InChI=1S/C17H16F2N2O4/c1-8-15(17(24)25-3)13(21-16(8)9(2)22)7-14(23)20-12-5-4-10(18)6-11(12)19/h4-6,21H,7H2,1-3H3,(H,20,23). The molecule has 132 valence electrons. The number of methoxy groups -OCH3 is 1. The van der Waals surface area contributed by atoms with Gasteiger partial charge >= 0.3 is 5.97 Å². The fraction of sp³-hybridized carbons (Fsp3) is 0.235. The predicted octanol–water partition coefficient (Wildman–Crippen LogP) is 2.77. The van der Waals surface area contributed by atoms with Crippen LogP contribution in [0, 0.1) is 18.6 Å². The molecule has 0 saturated heterocycles. The van der Waals surface area contributed by atoms with E-state index in [1.165, 1.54) is 14.0 Å². The van der Waals surface area contributed by atoms with Crippen molar-refractivity contribution in [1.82, 2.24) is 4.98 Å². The molecule has 1 heterocycles. The summed E-state index contributed by atoms with van der Waals surface area (Å²) in [6, 6.07) is 2.73. The maximum absolute atomic E-state index is 13.6. The van der Waals surface area contributed by atoms with Gasteiger partial charge in [-0.1, -0.05) is 0 Å². The van der Waals surface area contributed by atoms with Crippen molar-refractivity contribution < 1.29 is 27.9 Å². The Balaban J connectivity index is 2.29. The number of ketones is 1. The van der Waals surface area contributed by atoms with E-state index in [4.69, 9.17) is 0 Å². The molecule has 0 spiro atoms. The van der Waals surface area contributed by atoms with E-state index in [2.05, 4.69) is 15.0 Å². The summed E-state index contributed by atoms with van der Waals surface area (Å²) in [5.74, 6) is -3.34. The number of carbonyl (C=O) groups is 3. The Morgan fingerprint density at radius 1 is 1.24 bits per heavy atom. The number of halogens is 2.